The van der Waals surface area contributed by atoms with Gasteiger partial charge in [0.2, 0.25) is 5.89 Å². The fourth-order valence-electron chi connectivity index (χ4n) is 3.09. The molecule has 0 spiro atoms. The van der Waals surface area contributed by atoms with Crippen LogP contribution in [-0.2, 0) is 6.54 Å². The molecule has 23 heavy (non-hydrogen) atoms. The van der Waals surface area contributed by atoms with Gasteiger partial charge in [-0.25, -0.2) is 0 Å². The van der Waals surface area contributed by atoms with Gasteiger partial charge in [-0.2, -0.15) is 10.1 Å². The summed E-state index contributed by atoms with van der Waals surface area (Å²) in [6.45, 7) is 5.29. The van der Waals surface area contributed by atoms with E-state index in [0.29, 0.717) is 30.8 Å². The summed E-state index contributed by atoms with van der Waals surface area (Å²) >= 11 is 0. The maximum absolute atomic E-state index is 10.3. The Kier molecular flexibility index (Phi) is 3.78. The van der Waals surface area contributed by atoms with E-state index < -0.39 is 6.10 Å². The number of hydrogen-bond acceptors (Lipinski definition) is 7. The van der Waals surface area contributed by atoms with Crippen molar-refractivity contribution in [2.45, 2.75) is 38.3 Å². The van der Waals surface area contributed by atoms with Crippen LogP contribution in [0.3, 0.4) is 0 Å². The van der Waals surface area contributed by atoms with Crippen LogP contribution in [0, 0.1) is 6.92 Å². The molecule has 1 aliphatic heterocycles. The van der Waals surface area contributed by atoms with Crippen LogP contribution >= 0.6 is 0 Å². The van der Waals surface area contributed by atoms with E-state index in [4.69, 9.17) is 4.52 Å². The summed E-state index contributed by atoms with van der Waals surface area (Å²) in [5.41, 5.74) is 2.29. The number of hydrogen-bond donors (Lipinski definition) is 2. The molecule has 1 aliphatic carbocycles. The third-order valence-corrected chi connectivity index (χ3v) is 4.43. The van der Waals surface area contributed by atoms with E-state index in [9.17, 15) is 5.11 Å². The highest BCUT2D eigenvalue weighted by molar-refractivity contribution is 5.28. The predicted molar refractivity (Wildman–Crippen MR) is 83.1 cm³/mol. The monoisotopic (exact) mass is 318 g/mol. The van der Waals surface area contributed by atoms with E-state index in [1.807, 2.05) is 4.90 Å². The van der Waals surface area contributed by atoms with Gasteiger partial charge in [-0.1, -0.05) is 0 Å². The first kappa shape index (κ1) is 14.6. The third kappa shape index (κ3) is 3.37. The van der Waals surface area contributed by atoms with Crippen molar-refractivity contribution in [3.05, 3.63) is 23.3 Å². The predicted octanol–water partition coefficient (Wildman–Crippen LogP) is 0.662. The van der Waals surface area contributed by atoms with Gasteiger partial charge in [0.15, 0.2) is 0 Å². The van der Waals surface area contributed by atoms with Crippen molar-refractivity contribution in [3.8, 4) is 0 Å². The molecule has 8 heteroatoms. The molecule has 124 valence electrons. The summed E-state index contributed by atoms with van der Waals surface area (Å²) in [6, 6.07) is 2.16. The van der Waals surface area contributed by atoms with Gasteiger partial charge >= 0.3 is 0 Å². The molecule has 2 aliphatic rings. The highest BCUT2D eigenvalue weighted by Crippen LogP contribution is 2.39. The molecule has 0 amide bonds. The van der Waals surface area contributed by atoms with Gasteiger partial charge in [-0.05, 0) is 24.1 Å². The van der Waals surface area contributed by atoms with Crippen molar-refractivity contribution >= 4 is 5.95 Å². The molecule has 2 aromatic rings. The molecule has 3 heterocycles. The quantitative estimate of drug-likeness (QED) is 0.855. The fourth-order valence-corrected chi connectivity index (χ4v) is 3.09. The zero-order chi connectivity index (χ0) is 15.8. The highest BCUT2D eigenvalue weighted by atomic mass is 16.5. The summed E-state index contributed by atoms with van der Waals surface area (Å²) < 4.78 is 5.04. The largest absolute Gasteiger partial charge is 0.390 e. The van der Waals surface area contributed by atoms with Crippen molar-refractivity contribution in [3.63, 3.8) is 0 Å². The summed E-state index contributed by atoms with van der Waals surface area (Å²) in [7, 11) is 0. The third-order valence-electron chi connectivity index (χ3n) is 4.43. The SMILES string of the molecule is Cc1nc(N2CCN(Cc3cc(C4CC4)n[nH]3)C[C@H](O)C2)no1. The van der Waals surface area contributed by atoms with Gasteiger partial charge in [0.25, 0.3) is 5.95 Å². The van der Waals surface area contributed by atoms with Crippen LogP contribution < -0.4 is 4.90 Å². The fraction of sp³-hybridized carbons (Fsp3) is 0.667. The normalized spacial score (nSPS) is 23.2. The van der Waals surface area contributed by atoms with Crippen molar-refractivity contribution in [2.24, 2.45) is 0 Å². The van der Waals surface area contributed by atoms with E-state index in [0.717, 1.165) is 25.3 Å². The molecule has 2 N–H and O–H groups in total. The number of nitrogens with zero attached hydrogens (tertiary/aromatic N) is 5. The Morgan fingerprint density at radius 1 is 1.35 bits per heavy atom. The summed E-state index contributed by atoms with van der Waals surface area (Å²) in [4.78, 5) is 8.47. The number of rotatable bonds is 4. The lowest BCUT2D eigenvalue weighted by atomic mass is 10.2. The van der Waals surface area contributed by atoms with Crippen molar-refractivity contribution in [1.82, 2.24) is 25.2 Å². The molecule has 1 saturated carbocycles. The number of nitrogens with one attached hydrogen (secondary N) is 1. The first-order valence-corrected chi connectivity index (χ1v) is 8.17. The van der Waals surface area contributed by atoms with Crippen molar-refractivity contribution in [1.29, 1.82) is 0 Å². The second-order valence-corrected chi connectivity index (χ2v) is 6.54. The molecule has 2 fully saturated rings. The molecule has 1 saturated heterocycles. The summed E-state index contributed by atoms with van der Waals surface area (Å²) in [6.07, 6.45) is 2.07. The lowest BCUT2D eigenvalue weighted by molar-refractivity contribution is 0.128. The molecule has 0 radical (unpaired) electrons. The van der Waals surface area contributed by atoms with E-state index in [1.54, 1.807) is 6.92 Å². The molecule has 2 aromatic heterocycles. The van der Waals surface area contributed by atoms with Crippen LogP contribution in [-0.4, -0.2) is 62.6 Å². The van der Waals surface area contributed by atoms with Gasteiger partial charge < -0.3 is 14.5 Å². The summed E-state index contributed by atoms with van der Waals surface area (Å²) in [5.74, 6) is 1.76. The van der Waals surface area contributed by atoms with Crippen LogP contribution in [0.25, 0.3) is 0 Å². The molecule has 4 rings (SSSR count). The number of β-amino-alcohol motifs (C(OH)–C–C–N with tert-alkyl or cyclic N) is 1. The summed E-state index contributed by atoms with van der Waals surface area (Å²) in [5, 5.41) is 21.8. The van der Waals surface area contributed by atoms with E-state index in [2.05, 4.69) is 31.3 Å². The molecular formula is C15H22N6O2. The van der Waals surface area contributed by atoms with Gasteiger partial charge in [0.05, 0.1) is 11.8 Å². The second-order valence-electron chi connectivity index (χ2n) is 6.54. The number of anilines is 1. The average molecular weight is 318 g/mol. The molecule has 0 bridgehead atoms. The Morgan fingerprint density at radius 2 is 2.22 bits per heavy atom. The van der Waals surface area contributed by atoms with Crippen LogP contribution in [0.5, 0.6) is 0 Å². The Morgan fingerprint density at radius 3 is 2.96 bits per heavy atom. The topological polar surface area (TPSA) is 94.3 Å². The Bertz CT molecular complexity index is 664. The van der Waals surface area contributed by atoms with E-state index in [-0.39, 0.29) is 0 Å². The molecule has 0 aromatic carbocycles. The van der Waals surface area contributed by atoms with E-state index in [1.165, 1.54) is 18.5 Å². The minimum atomic E-state index is -0.442. The highest BCUT2D eigenvalue weighted by Gasteiger charge is 2.27. The van der Waals surface area contributed by atoms with Gasteiger partial charge in [-0.15, -0.1) is 0 Å². The minimum Gasteiger partial charge on any atom is -0.390 e. The van der Waals surface area contributed by atoms with Gasteiger partial charge in [0, 0.05) is 51.3 Å². The Balaban J connectivity index is 1.39. The van der Waals surface area contributed by atoms with Crippen LogP contribution in [0.15, 0.2) is 10.6 Å². The van der Waals surface area contributed by atoms with Gasteiger partial charge in [-0.3, -0.25) is 10.00 Å². The molecular weight excluding hydrogens is 296 g/mol. The first-order chi connectivity index (χ1) is 11.2. The minimum absolute atomic E-state index is 0.442. The Hall–Kier alpha value is -1.93. The molecule has 8 nitrogen and oxygen atoms in total. The smallest absolute Gasteiger partial charge is 0.266 e. The number of aromatic nitrogens is 4. The van der Waals surface area contributed by atoms with Crippen molar-refractivity contribution in [2.75, 3.05) is 31.1 Å². The van der Waals surface area contributed by atoms with Crippen LogP contribution in [0.2, 0.25) is 0 Å². The second kappa shape index (κ2) is 5.93. The van der Waals surface area contributed by atoms with Crippen LogP contribution in [0.4, 0.5) is 5.95 Å². The first-order valence-electron chi connectivity index (χ1n) is 8.17. The zero-order valence-electron chi connectivity index (χ0n) is 13.3. The van der Waals surface area contributed by atoms with Gasteiger partial charge in [0.1, 0.15) is 0 Å². The number of aliphatic hydroxyl groups excluding tert-OH is 1. The Labute approximate surface area is 134 Å². The number of aliphatic hydroxyl groups is 1. The maximum Gasteiger partial charge on any atom is 0.266 e. The standard InChI is InChI=1S/C15H22N6O2/c1-10-16-15(19-23-10)21-5-4-20(8-13(22)9-21)7-12-6-14(18-17-12)11-2-3-11/h6,11,13,22H,2-5,7-9H2,1H3,(H,17,18)/t13-/m0/s1. The lowest BCUT2D eigenvalue weighted by Gasteiger charge is -2.19. The maximum atomic E-state index is 10.3. The van der Waals surface area contributed by atoms with Crippen molar-refractivity contribution < 1.29 is 9.63 Å². The number of aromatic amines is 1. The number of H-pyrrole nitrogens is 1. The lowest BCUT2D eigenvalue weighted by Crippen LogP contribution is -2.33. The molecule has 1 atom stereocenters. The zero-order valence-corrected chi connectivity index (χ0v) is 13.3. The van der Waals surface area contributed by atoms with E-state index >= 15 is 0 Å². The average Bonchev–Trinajstić information content (AvgIpc) is 3.17. The molecule has 0 unspecified atom stereocenters. The number of aryl methyl sites for hydroxylation is 1. The van der Waals surface area contributed by atoms with Crippen LogP contribution in [0.1, 0.15) is 36.0 Å².